The molecule has 4 aliphatic heterocycles. The summed E-state index contributed by atoms with van der Waals surface area (Å²) in [5, 5.41) is 14.3. The van der Waals surface area contributed by atoms with E-state index >= 15 is 0 Å². The minimum atomic E-state index is -3.05. The number of anilines is 1. The third kappa shape index (κ3) is 6.94. The highest BCUT2D eigenvalue weighted by Gasteiger charge is 2.31. The summed E-state index contributed by atoms with van der Waals surface area (Å²) in [4.78, 5) is 21.3. The molecule has 3 fully saturated rings. The second-order valence-corrected chi connectivity index (χ2v) is 13.8. The van der Waals surface area contributed by atoms with Crippen LogP contribution in [0.4, 0.5) is 14.5 Å². The van der Waals surface area contributed by atoms with Crippen molar-refractivity contribution >= 4 is 29.0 Å². The third-order valence-electron chi connectivity index (χ3n) is 9.15. The van der Waals surface area contributed by atoms with Crippen molar-refractivity contribution in [2.45, 2.75) is 54.6 Å². The van der Waals surface area contributed by atoms with Gasteiger partial charge in [-0.1, -0.05) is 0 Å². The molecule has 4 aromatic rings. The molecule has 4 aliphatic rings. The Kier molecular flexibility index (Phi) is 9.07. The predicted molar refractivity (Wildman–Crippen MR) is 176 cm³/mol. The average molecular weight is 695 g/mol. The number of hydrazine groups is 2. The van der Waals surface area contributed by atoms with E-state index in [4.69, 9.17) is 19.3 Å². The normalized spacial score (nSPS) is 20.5. The van der Waals surface area contributed by atoms with Gasteiger partial charge in [0.2, 0.25) is 0 Å². The Hall–Kier alpha value is -4.29. The maximum atomic E-state index is 13.6. The summed E-state index contributed by atoms with van der Waals surface area (Å²) in [6, 6.07) is 7.57. The maximum Gasteiger partial charge on any atom is 0.387 e. The minimum absolute atomic E-state index is 0.0517. The van der Waals surface area contributed by atoms with Crippen LogP contribution >= 0.6 is 11.8 Å². The number of piperidine rings is 1. The molecule has 1 amide bonds. The van der Waals surface area contributed by atoms with Crippen molar-refractivity contribution < 1.29 is 27.8 Å². The van der Waals surface area contributed by atoms with Crippen LogP contribution in [0.3, 0.4) is 0 Å². The van der Waals surface area contributed by atoms with Crippen molar-refractivity contribution in [3.63, 3.8) is 0 Å². The lowest BCUT2D eigenvalue weighted by atomic mass is 10.0. The van der Waals surface area contributed by atoms with Gasteiger partial charge in [0.15, 0.2) is 5.65 Å². The van der Waals surface area contributed by atoms with Crippen molar-refractivity contribution in [1.82, 2.24) is 45.2 Å². The Morgan fingerprint density at radius 2 is 2.02 bits per heavy atom. The number of ether oxygens (including phenoxy) is 3. The van der Waals surface area contributed by atoms with Crippen LogP contribution in [0, 0.1) is 0 Å². The van der Waals surface area contributed by atoms with Gasteiger partial charge in [-0.3, -0.25) is 19.4 Å². The van der Waals surface area contributed by atoms with Gasteiger partial charge in [-0.05, 0) is 43.5 Å². The van der Waals surface area contributed by atoms with Crippen molar-refractivity contribution in [1.29, 1.82) is 0 Å². The van der Waals surface area contributed by atoms with E-state index in [1.165, 1.54) is 16.8 Å². The Balaban J connectivity index is 1.06. The molecule has 3 saturated heterocycles. The first-order valence-electron chi connectivity index (χ1n) is 16.3. The molecule has 1 atom stereocenters. The summed E-state index contributed by atoms with van der Waals surface area (Å²) in [7, 11) is 0. The summed E-state index contributed by atoms with van der Waals surface area (Å²) in [5.74, 6) is -0.520. The van der Waals surface area contributed by atoms with Gasteiger partial charge in [-0.25, -0.2) is 9.50 Å². The average Bonchev–Trinajstić information content (AvgIpc) is 3.91. The zero-order valence-corrected chi connectivity index (χ0v) is 27.3. The van der Waals surface area contributed by atoms with E-state index in [-0.39, 0.29) is 22.3 Å². The molecule has 7 heterocycles. The fourth-order valence-electron chi connectivity index (χ4n) is 6.57. The lowest BCUT2D eigenvalue weighted by Crippen LogP contribution is -2.50. The fraction of sp³-hybridized carbons (Fsp3) is 0.438. The van der Waals surface area contributed by atoms with Crippen molar-refractivity contribution in [3.05, 3.63) is 66.5 Å². The summed E-state index contributed by atoms with van der Waals surface area (Å²) >= 11 is 1.59. The number of nitrogens with one attached hydrogen (secondary N) is 3. The smallest absolute Gasteiger partial charge is 0.387 e. The van der Waals surface area contributed by atoms with Crippen LogP contribution in [0.5, 0.6) is 5.75 Å². The molecule has 14 nitrogen and oxygen atoms in total. The Morgan fingerprint density at radius 1 is 1.14 bits per heavy atom. The molecule has 3 aromatic heterocycles. The monoisotopic (exact) mass is 694 g/mol. The number of fused-ring (bicyclic) bond motifs is 1. The Bertz CT molecular complexity index is 1840. The SMILES string of the molecule is O=C(Nc1cn(CC2=CN(C3CCN([C@H]4CCOC4)CC3)NN2)nc1-c1cc(SC2COC2)ccc1OC(F)F)c1cnn2cccnc12. The lowest BCUT2D eigenvalue weighted by Gasteiger charge is -2.38. The molecule has 17 heteroatoms. The number of nitrogens with zero attached hydrogens (tertiary/aromatic N) is 7. The number of carbonyl (C=O) groups is 1. The molecule has 8 rings (SSSR count). The van der Waals surface area contributed by atoms with Crippen LogP contribution in [0.15, 0.2) is 65.8 Å². The maximum absolute atomic E-state index is 13.6. The molecule has 3 N–H and O–H groups in total. The molecule has 0 unspecified atom stereocenters. The van der Waals surface area contributed by atoms with Crippen LogP contribution in [0.2, 0.25) is 0 Å². The van der Waals surface area contributed by atoms with E-state index < -0.39 is 12.5 Å². The first kappa shape index (κ1) is 31.9. The second-order valence-electron chi connectivity index (χ2n) is 12.4. The standard InChI is InChI=1S/C32H36F2N10O4S/c33-32(34)48-28-3-2-23(49-24-18-47-19-24)12-25(28)29-27(37-31(45)26-13-36-43-8-1-7-35-30(26)43)16-42(39-29)14-20-15-44(40-38-20)21-4-9-41(10-5-21)22-6-11-46-17-22/h1-3,7-8,12-13,15-16,21-22,24,32,38,40H,4-6,9-11,14,17-19H2,(H,37,45)/t22-/m0/s1. The number of carbonyl (C=O) groups excluding carboxylic acids is 1. The number of hydrogen-bond acceptors (Lipinski definition) is 12. The van der Waals surface area contributed by atoms with Gasteiger partial charge in [-0.15, -0.1) is 17.3 Å². The molecule has 258 valence electrons. The number of likely N-dealkylation sites (tertiary alicyclic amines) is 1. The number of alkyl halides is 2. The van der Waals surface area contributed by atoms with Gasteiger partial charge in [0, 0.05) is 67.0 Å². The number of hydrogen-bond donors (Lipinski definition) is 3. The number of thioether (sulfide) groups is 1. The first-order valence-corrected chi connectivity index (χ1v) is 17.2. The number of benzene rings is 1. The Morgan fingerprint density at radius 3 is 2.80 bits per heavy atom. The van der Waals surface area contributed by atoms with Gasteiger partial charge < -0.3 is 25.0 Å². The highest BCUT2D eigenvalue weighted by molar-refractivity contribution is 8.00. The largest absolute Gasteiger partial charge is 0.434 e. The lowest BCUT2D eigenvalue weighted by molar-refractivity contribution is -0.0494. The molecule has 0 saturated carbocycles. The number of aromatic nitrogens is 5. The second kappa shape index (κ2) is 13.9. The molecule has 1 aromatic carbocycles. The first-order chi connectivity index (χ1) is 24.0. The van der Waals surface area contributed by atoms with E-state index in [0.29, 0.717) is 48.7 Å². The van der Waals surface area contributed by atoms with Crippen LogP contribution in [-0.2, 0) is 16.0 Å². The topological polar surface area (TPSA) is 135 Å². The molecular weight excluding hydrogens is 658 g/mol. The molecule has 0 radical (unpaired) electrons. The van der Waals surface area contributed by atoms with Gasteiger partial charge in [0.1, 0.15) is 17.0 Å². The molecule has 49 heavy (non-hydrogen) atoms. The highest BCUT2D eigenvalue weighted by atomic mass is 32.2. The summed E-state index contributed by atoms with van der Waals surface area (Å²) in [6.07, 6.45) is 11.6. The zero-order chi connectivity index (χ0) is 33.3. The molecule has 0 bridgehead atoms. The zero-order valence-electron chi connectivity index (χ0n) is 26.5. The summed E-state index contributed by atoms with van der Waals surface area (Å²) < 4.78 is 46.2. The van der Waals surface area contributed by atoms with Gasteiger partial charge in [0.05, 0.1) is 49.2 Å². The third-order valence-corrected chi connectivity index (χ3v) is 10.3. The van der Waals surface area contributed by atoms with Gasteiger partial charge in [-0.2, -0.15) is 19.0 Å². The summed E-state index contributed by atoms with van der Waals surface area (Å²) in [6.45, 7) is 2.18. The fourth-order valence-corrected chi connectivity index (χ4v) is 7.62. The van der Waals surface area contributed by atoms with Crippen LogP contribution in [0.1, 0.15) is 29.6 Å². The highest BCUT2D eigenvalue weighted by Crippen LogP contribution is 2.40. The number of allylic oxidation sites excluding steroid dienone is 1. The van der Waals surface area contributed by atoms with Crippen LogP contribution < -0.4 is 21.0 Å². The quantitative estimate of drug-likeness (QED) is 0.213. The van der Waals surface area contributed by atoms with Crippen molar-refractivity contribution in [2.75, 3.05) is 44.8 Å². The van der Waals surface area contributed by atoms with Gasteiger partial charge >= 0.3 is 6.61 Å². The van der Waals surface area contributed by atoms with Crippen LogP contribution in [0.25, 0.3) is 16.9 Å². The van der Waals surface area contributed by atoms with Crippen molar-refractivity contribution in [3.8, 4) is 17.0 Å². The number of halogens is 2. The summed E-state index contributed by atoms with van der Waals surface area (Å²) in [5.41, 5.74) is 8.94. The van der Waals surface area contributed by atoms with Crippen LogP contribution in [-0.4, -0.2) is 104 Å². The van der Waals surface area contributed by atoms with Gasteiger partial charge in [0.25, 0.3) is 5.91 Å². The Labute approximate surface area is 284 Å². The van der Waals surface area contributed by atoms with E-state index in [2.05, 4.69) is 36.3 Å². The molecular formula is C32H36F2N10O4S. The van der Waals surface area contributed by atoms with E-state index in [0.717, 1.165) is 56.2 Å². The van der Waals surface area contributed by atoms with E-state index in [1.54, 1.807) is 53.2 Å². The van der Waals surface area contributed by atoms with E-state index in [9.17, 15) is 13.6 Å². The minimum Gasteiger partial charge on any atom is -0.434 e. The molecule has 0 aliphatic carbocycles. The number of amides is 1. The molecule has 0 spiro atoms. The predicted octanol–water partition coefficient (Wildman–Crippen LogP) is 3.36. The van der Waals surface area contributed by atoms with E-state index in [1.807, 2.05) is 6.20 Å². The van der Waals surface area contributed by atoms with Crippen molar-refractivity contribution in [2.24, 2.45) is 0 Å². The number of rotatable bonds is 11.